The quantitative estimate of drug-likeness (QED) is 0.878. The Hall–Kier alpha value is -2.30. The summed E-state index contributed by atoms with van der Waals surface area (Å²) in [5.74, 6) is 0.704. The van der Waals surface area contributed by atoms with E-state index in [1.54, 1.807) is 24.4 Å². The molecule has 1 aromatic heterocycles. The molecular formula is C16H19FN2O2. The van der Waals surface area contributed by atoms with Crippen molar-refractivity contribution in [1.82, 2.24) is 4.98 Å². The van der Waals surface area contributed by atoms with Crippen LogP contribution in [-0.4, -0.2) is 18.7 Å². The molecule has 0 saturated carbocycles. The van der Waals surface area contributed by atoms with Crippen molar-refractivity contribution < 1.29 is 13.9 Å². The van der Waals surface area contributed by atoms with Crippen LogP contribution < -0.4 is 14.8 Å². The maximum Gasteiger partial charge on any atom is 0.237 e. The molecule has 1 N–H and O–H groups in total. The van der Waals surface area contributed by atoms with E-state index in [0.29, 0.717) is 23.8 Å². The summed E-state index contributed by atoms with van der Waals surface area (Å²) < 4.78 is 24.8. The predicted molar refractivity (Wildman–Crippen MR) is 80.4 cm³/mol. The number of hydrogen-bond donors (Lipinski definition) is 1. The zero-order valence-electron chi connectivity index (χ0n) is 12.4. The van der Waals surface area contributed by atoms with Gasteiger partial charge < -0.3 is 14.8 Å². The maximum atomic E-state index is 14.1. The summed E-state index contributed by atoms with van der Waals surface area (Å²) in [5.41, 5.74) is 1.20. The van der Waals surface area contributed by atoms with Crippen molar-refractivity contribution in [3.63, 3.8) is 0 Å². The Kier molecular flexibility index (Phi) is 4.98. The molecule has 0 aliphatic rings. The third-order valence-electron chi connectivity index (χ3n) is 3.09. The zero-order valence-corrected chi connectivity index (χ0v) is 12.4. The van der Waals surface area contributed by atoms with E-state index in [9.17, 15) is 4.39 Å². The summed E-state index contributed by atoms with van der Waals surface area (Å²) in [7, 11) is 1.53. The summed E-state index contributed by atoms with van der Waals surface area (Å²) in [5, 5.41) is 3.22. The predicted octanol–water partition coefficient (Wildman–Crippen LogP) is 3.80. The van der Waals surface area contributed by atoms with Crippen molar-refractivity contribution in [1.29, 1.82) is 0 Å². The molecule has 21 heavy (non-hydrogen) atoms. The van der Waals surface area contributed by atoms with Crippen molar-refractivity contribution in [2.75, 3.05) is 19.0 Å². The van der Waals surface area contributed by atoms with E-state index >= 15 is 0 Å². The summed E-state index contributed by atoms with van der Waals surface area (Å²) in [6, 6.07) is 8.15. The molecule has 0 aliphatic carbocycles. The number of aromatic nitrogens is 1. The molecule has 112 valence electrons. The molecule has 1 aromatic carbocycles. The van der Waals surface area contributed by atoms with Gasteiger partial charge in [0.2, 0.25) is 5.88 Å². The van der Waals surface area contributed by atoms with E-state index in [4.69, 9.17) is 9.47 Å². The first-order valence-electron chi connectivity index (χ1n) is 6.84. The fourth-order valence-electron chi connectivity index (χ4n) is 2.17. The van der Waals surface area contributed by atoms with Crippen molar-refractivity contribution >= 4 is 5.69 Å². The fraction of sp³-hybridized carbons (Fsp3) is 0.312. The lowest BCUT2D eigenvalue weighted by molar-refractivity contribution is 0.328. The van der Waals surface area contributed by atoms with Gasteiger partial charge in [0.05, 0.1) is 31.0 Å². The molecule has 0 bridgehead atoms. The summed E-state index contributed by atoms with van der Waals surface area (Å²) in [6.45, 7) is 4.27. The second kappa shape index (κ2) is 6.92. The van der Waals surface area contributed by atoms with Gasteiger partial charge in [0.25, 0.3) is 0 Å². The molecule has 5 heteroatoms. The number of rotatable bonds is 6. The van der Waals surface area contributed by atoms with Crippen LogP contribution >= 0.6 is 0 Å². The second-order valence-electron chi connectivity index (χ2n) is 4.51. The van der Waals surface area contributed by atoms with Crippen molar-refractivity contribution in [2.24, 2.45) is 0 Å². The Morgan fingerprint density at radius 1 is 1.29 bits per heavy atom. The Bertz CT molecular complexity index is 605. The van der Waals surface area contributed by atoms with Gasteiger partial charge >= 0.3 is 0 Å². The number of anilines is 1. The third kappa shape index (κ3) is 3.42. The van der Waals surface area contributed by atoms with Crippen LogP contribution in [0.2, 0.25) is 0 Å². The van der Waals surface area contributed by atoms with Crippen LogP contribution in [0.5, 0.6) is 11.6 Å². The number of methoxy groups -OCH3 is 1. The van der Waals surface area contributed by atoms with E-state index in [1.165, 1.54) is 13.2 Å². The van der Waals surface area contributed by atoms with Crippen LogP contribution in [0.15, 0.2) is 36.5 Å². The van der Waals surface area contributed by atoms with Crippen LogP contribution in [0.25, 0.3) is 0 Å². The fourth-order valence-corrected chi connectivity index (χ4v) is 2.17. The molecule has 0 amide bonds. The Morgan fingerprint density at radius 3 is 2.81 bits per heavy atom. The number of nitrogens with one attached hydrogen (secondary N) is 1. The van der Waals surface area contributed by atoms with Gasteiger partial charge in [-0.3, -0.25) is 0 Å². The van der Waals surface area contributed by atoms with Crippen molar-refractivity contribution in [2.45, 2.75) is 19.9 Å². The van der Waals surface area contributed by atoms with Gasteiger partial charge in [0.1, 0.15) is 11.6 Å². The number of pyridine rings is 1. The molecule has 2 rings (SSSR count). The van der Waals surface area contributed by atoms with Crippen LogP contribution in [-0.2, 0) is 0 Å². The highest BCUT2D eigenvalue weighted by molar-refractivity contribution is 5.54. The number of nitrogens with zero attached hydrogens (tertiary/aromatic N) is 1. The van der Waals surface area contributed by atoms with Gasteiger partial charge in [-0.05, 0) is 38.1 Å². The van der Waals surface area contributed by atoms with Crippen LogP contribution in [0.4, 0.5) is 10.1 Å². The molecule has 0 radical (unpaired) electrons. The van der Waals surface area contributed by atoms with E-state index in [-0.39, 0.29) is 11.9 Å². The molecule has 1 unspecified atom stereocenters. The third-order valence-corrected chi connectivity index (χ3v) is 3.09. The largest absolute Gasteiger partial charge is 0.496 e. The Morgan fingerprint density at radius 2 is 2.10 bits per heavy atom. The molecular weight excluding hydrogens is 271 g/mol. The zero-order chi connectivity index (χ0) is 15.2. The van der Waals surface area contributed by atoms with Gasteiger partial charge in [-0.2, -0.15) is 0 Å². The molecule has 0 aliphatic heterocycles. The highest BCUT2D eigenvalue weighted by atomic mass is 19.1. The first-order chi connectivity index (χ1) is 10.2. The summed E-state index contributed by atoms with van der Waals surface area (Å²) in [4.78, 5) is 4.17. The Labute approximate surface area is 123 Å². The smallest absolute Gasteiger partial charge is 0.237 e. The number of benzene rings is 1. The first-order valence-corrected chi connectivity index (χ1v) is 6.84. The molecule has 1 heterocycles. The van der Waals surface area contributed by atoms with Gasteiger partial charge in [-0.15, -0.1) is 0 Å². The van der Waals surface area contributed by atoms with Crippen molar-refractivity contribution in [3.05, 3.63) is 47.9 Å². The van der Waals surface area contributed by atoms with Gasteiger partial charge in [0, 0.05) is 6.20 Å². The minimum atomic E-state index is -0.309. The molecule has 0 fully saturated rings. The lowest BCUT2D eigenvalue weighted by atomic mass is 10.1. The lowest BCUT2D eigenvalue weighted by Crippen LogP contribution is -2.11. The van der Waals surface area contributed by atoms with Crippen molar-refractivity contribution in [3.8, 4) is 11.6 Å². The van der Waals surface area contributed by atoms with Crippen LogP contribution in [0, 0.1) is 5.82 Å². The molecule has 2 aromatic rings. The standard InChI is InChI=1S/C16H19FN2O2/c1-4-21-16-13(8-6-10-18-16)19-11(2)15-12(17)7-5-9-14(15)20-3/h5-11,19H,4H2,1-3H3. The van der Waals surface area contributed by atoms with E-state index < -0.39 is 0 Å². The number of hydrogen-bond acceptors (Lipinski definition) is 4. The van der Waals surface area contributed by atoms with Crippen LogP contribution in [0.1, 0.15) is 25.5 Å². The topological polar surface area (TPSA) is 43.4 Å². The normalized spacial score (nSPS) is 11.8. The highest BCUT2D eigenvalue weighted by Crippen LogP contribution is 2.32. The number of halogens is 1. The van der Waals surface area contributed by atoms with E-state index in [0.717, 1.165) is 5.69 Å². The van der Waals surface area contributed by atoms with Gasteiger partial charge in [0.15, 0.2) is 0 Å². The summed E-state index contributed by atoms with van der Waals surface area (Å²) in [6.07, 6.45) is 1.66. The lowest BCUT2D eigenvalue weighted by Gasteiger charge is -2.20. The van der Waals surface area contributed by atoms with Gasteiger partial charge in [-0.1, -0.05) is 6.07 Å². The van der Waals surface area contributed by atoms with E-state index in [1.807, 2.05) is 19.9 Å². The average molecular weight is 290 g/mol. The number of ether oxygens (including phenoxy) is 2. The SMILES string of the molecule is CCOc1ncccc1NC(C)c1c(F)cccc1OC. The second-order valence-corrected chi connectivity index (χ2v) is 4.51. The minimum absolute atomic E-state index is 0.287. The average Bonchev–Trinajstić information content (AvgIpc) is 2.49. The first kappa shape index (κ1) is 15.1. The molecule has 0 spiro atoms. The highest BCUT2D eigenvalue weighted by Gasteiger charge is 2.17. The molecule has 4 nitrogen and oxygen atoms in total. The summed E-state index contributed by atoms with van der Waals surface area (Å²) >= 11 is 0. The molecule has 0 saturated heterocycles. The maximum absolute atomic E-state index is 14.1. The monoisotopic (exact) mass is 290 g/mol. The minimum Gasteiger partial charge on any atom is -0.496 e. The van der Waals surface area contributed by atoms with Gasteiger partial charge in [-0.25, -0.2) is 9.37 Å². The molecule has 1 atom stereocenters. The van der Waals surface area contributed by atoms with Crippen LogP contribution in [0.3, 0.4) is 0 Å². The van der Waals surface area contributed by atoms with E-state index in [2.05, 4.69) is 10.3 Å². The Balaban J connectivity index is 2.28.